The lowest BCUT2D eigenvalue weighted by Crippen LogP contribution is -2.32. The maximum absolute atomic E-state index is 4.71. The van der Waals surface area contributed by atoms with Gasteiger partial charge in [-0.25, -0.2) is 0 Å². The molecular formula is C14H25N5. The summed E-state index contributed by atoms with van der Waals surface area (Å²) in [7, 11) is 0. The van der Waals surface area contributed by atoms with Gasteiger partial charge in [-0.05, 0) is 32.1 Å². The van der Waals surface area contributed by atoms with Gasteiger partial charge >= 0.3 is 0 Å². The zero-order valence-corrected chi connectivity index (χ0v) is 12.2. The molecule has 5 heteroatoms. The SMILES string of the molecule is CCCN(CCC)c1nncc(N2CCCCC2)n1. The fourth-order valence-corrected chi connectivity index (χ4v) is 2.55. The van der Waals surface area contributed by atoms with Gasteiger partial charge in [-0.15, -0.1) is 5.10 Å². The fourth-order valence-electron chi connectivity index (χ4n) is 2.55. The maximum Gasteiger partial charge on any atom is 0.247 e. The smallest absolute Gasteiger partial charge is 0.247 e. The van der Waals surface area contributed by atoms with E-state index in [0.717, 1.165) is 50.8 Å². The molecule has 5 nitrogen and oxygen atoms in total. The molecule has 0 radical (unpaired) electrons. The van der Waals surface area contributed by atoms with Gasteiger partial charge in [0.15, 0.2) is 5.82 Å². The molecule has 0 aromatic carbocycles. The molecule has 2 rings (SSSR count). The number of anilines is 2. The van der Waals surface area contributed by atoms with Crippen LogP contribution < -0.4 is 9.80 Å². The van der Waals surface area contributed by atoms with Crippen molar-refractivity contribution >= 4 is 11.8 Å². The van der Waals surface area contributed by atoms with Crippen molar-refractivity contribution in [1.82, 2.24) is 15.2 Å². The highest BCUT2D eigenvalue weighted by atomic mass is 15.3. The Balaban J connectivity index is 2.12. The number of aromatic nitrogens is 3. The van der Waals surface area contributed by atoms with E-state index in [1.54, 1.807) is 6.20 Å². The molecule has 0 bridgehead atoms. The van der Waals surface area contributed by atoms with Crippen molar-refractivity contribution in [2.24, 2.45) is 0 Å². The van der Waals surface area contributed by atoms with Gasteiger partial charge in [0, 0.05) is 26.2 Å². The molecular weight excluding hydrogens is 238 g/mol. The number of piperidine rings is 1. The third-order valence-corrected chi connectivity index (χ3v) is 3.48. The summed E-state index contributed by atoms with van der Waals surface area (Å²) >= 11 is 0. The second-order valence-electron chi connectivity index (χ2n) is 5.15. The molecule has 1 aromatic rings. The molecule has 0 N–H and O–H groups in total. The van der Waals surface area contributed by atoms with Crippen LogP contribution in [0.2, 0.25) is 0 Å². The summed E-state index contributed by atoms with van der Waals surface area (Å²) in [4.78, 5) is 9.28. The van der Waals surface area contributed by atoms with Gasteiger partial charge in [0.25, 0.3) is 0 Å². The van der Waals surface area contributed by atoms with E-state index in [2.05, 4.69) is 33.8 Å². The van der Waals surface area contributed by atoms with Crippen LogP contribution in [0.1, 0.15) is 46.0 Å². The Kier molecular flexibility index (Phi) is 5.36. The zero-order valence-electron chi connectivity index (χ0n) is 12.2. The van der Waals surface area contributed by atoms with Crippen molar-refractivity contribution in [3.8, 4) is 0 Å². The number of hydrogen-bond acceptors (Lipinski definition) is 5. The first kappa shape index (κ1) is 14.0. The van der Waals surface area contributed by atoms with Crippen molar-refractivity contribution in [2.45, 2.75) is 46.0 Å². The molecule has 2 heterocycles. The third-order valence-electron chi connectivity index (χ3n) is 3.48. The summed E-state index contributed by atoms with van der Waals surface area (Å²) in [6.45, 7) is 8.56. The standard InChI is InChI=1S/C14H25N5/c1-3-8-19(9-4-2)14-16-13(12-15-17-14)18-10-6-5-7-11-18/h12H,3-11H2,1-2H3. The molecule has 0 aliphatic carbocycles. The minimum atomic E-state index is 0.784. The van der Waals surface area contributed by atoms with Crippen LogP contribution in [-0.4, -0.2) is 41.4 Å². The minimum Gasteiger partial charge on any atom is -0.355 e. The van der Waals surface area contributed by atoms with Crippen molar-refractivity contribution < 1.29 is 0 Å². The van der Waals surface area contributed by atoms with Crippen LogP contribution in [0.4, 0.5) is 11.8 Å². The fraction of sp³-hybridized carbons (Fsp3) is 0.786. The summed E-state index contributed by atoms with van der Waals surface area (Å²) in [5, 5.41) is 8.36. The summed E-state index contributed by atoms with van der Waals surface area (Å²) in [5.41, 5.74) is 0. The highest BCUT2D eigenvalue weighted by Crippen LogP contribution is 2.18. The van der Waals surface area contributed by atoms with E-state index in [0.29, 0.717) is 0 Å². The second-order valence-corrected chi connectivity index (χ2v) is 5.15. The quantitative estimate of drug-likeness (QED) is 0.789. The normalized spacial score (nSPS) is 15.6. The van der Waals surface area contributed by atoms with Crippen LogP contribution in [0.5, 0.6) is 0 Å². The monoisotopic (exact) mass is 263 g/mol. The van der Waals surface area contributed by atoms with Crippen molar-refractivity contribution in [2.75, 3.05) is 36.0 Å². The highest BCUT2D eigenvalue weighted by molar-refractivity contribution is 5.41. The molecule has 0 amide bonds. The van der Waals surface area contributed by atoms with Crippen LogP contribution in [0.25, 0.3) is 0 Å². The van der Waals surface area contributed by atoms with Gasteiger partial charge < -0.3 is 9.80 Å². The molecule has 0 saturated carbocycles. The van der Waals surface area contributed by atoms with Crippen molar-refractivity contribution in [3.05, 3.63) is 6.20 Å². The topological polar surface area (TPSA) is 45.2 Å². The van der Waals surface area contributed by atoms with Crippen LogP contribution in [0.15, 0.2) is 6.20 Å². The van der Waals surface area contributed by atoms with Crippen LogP contribution in [-0.2, 0) is 0 Å². The summed E-state index contributed by atoms with van der Waals surface area (Å²) < 4.78 is 0. The summed E-state index contributed by atoms with van der Waals surface area (Å²) in [6.07, 6.45) is 7.86. The Bertz CT molecular complexity index is 370. The average Bonchev–Trinajstić information content (AvgIpc) is 2.48. The third kappa shape index (κ3) is 3.78. The van der Waals surface area contributed by atoms with E-state index in [1.165, 1.54) is 19.3 Å². The van der Waals surface area contributed by atoms with Crippen LogP contribution in [0.3, 0.4) is 0 Å². The lowest BCUT2D eigenvalue weighted by molar-refractivity contribution is 0.570. The first-order chi connectivity index (χ1) is 9.35. The molecule has 0 spiro atoms. The zero-order chi connectivity index (χ0) is 13.5. The number of hydrogen-bond donors (Lipinski definition) is 0. The molecule has 1 aromatic heterocycles. The first-order valence-electron chi connectivity index (χ1n) is 7.54. The van der Waals surface area contributed by atoms with Crippen LogP contribution in [0, 0.1) is 0 Å². The number of rotatable bonds is 6. The van der Waals surface area contributed by atoms with Gasteiger partial charge in [0.2, 0.25) is 5.95 Å². The van der Waals surface area contributed by atoms with E-state index in [9.17, 15) is 0 Å². The van der Waals surface area contributed by atoms with E-state index in [4.69, 9.17) is 4.98 Å². The predicted octanol–water partition coefficient (Wildman–Crippen LogP) is 2.49. The first-order valence-corrected chi connectivity index (χ1v) is 7.54. The molecule has 1 fully saturated rings. The van der Waals surface area contributed by atoms with E-state index >= 15 is 0 Å². The molecule has 1 aliphatic rings. The highest BCUT2D eigenvalue weighted by Gasteiger charge is 2.15. The van der Waals surface area contributed by atoms with Gasteiger partial charge in [-0.3, -0.25) is 0 Å². The second kappa shape index (κ2) is 7.26. The molecule has 1 saturated heterocycles. The molecule has 19 heavy (non-hydrogen) atoms. The van der Waals surface area contributed by atoms with Crippen molar-refractivity contribution in [3.63, 3.8) is 0 Å². The van der Waals surface area contributed by atoms with Gasteiger partial charge in [-0.2, -0.15) is 10.1 Å². The van der Waals surface area contributed by atoms with E-state index in [1.807, 2.05) is 0 Å². The minimum absolute atomic E-state index is 0.784. The van der Waals surface area contributed by atoms with Gasteiger partial charge in [0.05, 0.1) is 6.20 Å². The van der Waals surface area contributed by atoms with Crippen LogP contribution >= 0.6 is 0 Å². The van der Waals surface area contributed by atoms with E-state index in [-0.39, 0.29) is 0 Å². The molecule has 0 atom stereocenters. The average molecular weight is 263 g/mol. The Labute approximate surface area is 116 Å². The molecule has 106 valence electrons. The summed E-state index contributed by atoms with van der Waals surface area (Å²) in [6, 6.07) is 0. The maximum atomic E-state index is 4.71. The van der Waals surface area contributed by atoms with Gasteiger partial charge in [0.1, 0.15) is 0 Å². The Morgan fingerprint density at radius 2 is 1.79 bits per heavy atom. The van der Waals surface area contributed by atoms with E-state index < -0.39 is 0 Å². The predicted molar refractivity (Wildman–Crippen MR) is 78.7 cm³/mol. The lowest BCUT2D eigenvalue weighted by Gasteiger charge is -2.28. The Morgan fingerprint density at radius 1 is 1.11 bits per heavy atom. The Hall–Kier alpha value is -1.39. The number of nitrogens with zero attached hydrogens (tertiary/aromatic N) is 5. The van der Waals surface area contributed by atoms with Crippen molar-refractivity contribution in [1.29, 1.82) is 0 Å². The lowest BCUT2D eigenvalue weighted by atomic mass is 10.1. The molecule has 0 unspecified atom stereocenters. The molecule has 1 aliphatic heterocycles. The van der Waals surface area contributed by atoms with Gasteiger partial charge in [-0.1, -0.05) is 13.8 Å². The Morgan fingerprint density at radius 3 is 2.42 bits per heavy atom. The largest absolute Gasteiger partial charge is 0.355 e. The summed E-state index contributed by atoms with van der Waals surface area (Å²) in [5.74, 6) is 1.77.